The van der Waals surface area contributed by atoms with Gasteiger partial charge in [-0.2, -0.15) is 0 Å². The Hall–Kier alpha value is -3.98. The standard InChI is InChI=1S/C25H21BrN6O2/c1-15-12-19(24(33)27-8-10-32-11-9-28-31-32)22(29-15)14-20-23-18(16-4-2-5-17(26)13-16)6-3-7-21(23)30-25(20)34/h2-7,9,11-14,29H,8,10H2,1H3,(H,27,33)(H,30,34). The highest BCUT2D eigenvalue weighted by Gasteiger charge is 2.28. The van der Waals surface area contributed by atoms with E-state index < -0.39 is 0 Å². The molecule has 1 aliphatic heterocycles. The van der Waals surface area contributed by atoms with E-state index in [0.717, 1.165) is 32.5 Å². The van der Waals surface area contributed by atoms with Crippen molar-refractivity contribution in [2.24, 2.45) is 0 Å². The summed E-state index contributed by atoms with van der Waals surface area (Å²) < 4.78 is 2.60. The van der Waals surface area contributed by atoms with Crippen molar-refractivity contribution in [3.05, 3.63) is 87.9 Å². The molecular weight excluding hydrogens is 496 g/mol. The number of rotatable bonds is 6. The lowest BCUT2D eigenvalue weighted by Crippen LogP contribution is -2.27. The van der Waals surface area contributed by atoms with E-state index in [1.807, 2.05) is 49.4 Å². The number of fused-ring (bicyclic) bond motifs is 1. The minimum atomic E-state index is -0.227. The Morgan fingerprint density at radius 2 is 2.06 bits per heavy atom. The number of carbonyl (C=O) groups is 2. The van der Waals surface area contributed by atoms with Gasteiger partial charge in [-0.05, 0) is 48.4 Å². The van der Waals surface area contributed by atoms with E-state index in [1.165, 1.54) is 0 Å². The second-order valence-electron chi connectivity index (χ2n) is 7.95. The summed E-state index contributed by atoms with van der Waals surface area (Å²) in [5.41, 5.74) is 5.87. The van der Waals surface area contributed by atoms with Gasteiger partial charge in [-0.25, -0.2) is 0 Å². The molecule has 0 fully saturated rings. The van der Waals surface area contributed by atoms with Crippen molar-refractivity contribution < 1.29 is 9.59 Å². The smallest absolute Gasteiger partial charge is 0.256 e. The molecule has 0 unspecified atom stereocenters. The van der Waals surface area contributed by atoms with Gasteiger partial charge < -0.3 is 15.6 Å². The van der Waals surface area contributed by atoms with E-state index in [0.29, 0.717) is 29.9 Å². The first-order valence-corrected chi connectivity index (χ1v) is 11.5. The summed E-state index contributed by atoms with van der Waals surface area (Å²) in [4.78, 5) is 29.1. The van der Waals surface area contributed by atoms with Crippen molar-refractivity contribution in [1.82, 2.24) is 25.3 Å². The summed E-state index contributed by atoms with van der Waals surface area (Å²) in [6.07, 6.45) is 5.08. The summed E-state index contributed by atoms with van der Waals surface area (Å²) in [5, 5.41) is 13.5. The largest absolute Gasteiger partial charge is 0.358 e. The highest BCUT2D eigenvalue weighted by atomic mass is 79.9. The van der Waals surface area contributed by atoms with Crippen LogP contribution in [0.1, 0.15) is 27.3 Å². The number of aromatic amines is 1. The zero-order valence-electron chi connectivity index (χ0n) is 18.3. The first kappa shape index (κ1) is 21.8. The second kappa shape index (κ2) is 9.11. The van der Waals surface area contributed by atoms with Crippen LogP contribution in [-0.4, -0.2) is 38.3 Å². The molecule has 0 bridgehead atoms. The van der Waals surface area contributed by atoms with Crippen molar-refractivity contribution in [1.29, 1.82) is 0 Å². The van der Waals surface area contributed by atoms with Crippen molar-refractivity contribution in [2.75, 3.05) is 11.9 Å². The SMILES string of the molecule is Cc1cc(C(=O)NCCn2ccnn2)c(C=C2C(=O)Nc3cccc(-c4cccc(Br)c4)c32)[nH]1. The van der Waals surface area contributed by atoms with Crippen LogP contribution in [0.5, 0.6) is 0 Å². The predicted molar refractivity (Wildman–Crippen MR) is 134 cm³/mol. The summed E-state index contributed by atoms with van der Waals surface area (Å²) in [5.74, 6) is -0.433. The zero-order chi connectivity index (χ0) is 23.7. The number of anilines is 1. The highest BCUT2D eigenvalue weighted by molar-refractivity contribution is 9.10. The van der Waals surface area contributed by atoms with Gasteiger partial charge in [-0.3, -0.25) is 14.3 Å². The van der Waals surface area contributed by atoms with Gasteiger partial charge in [0.05, 0.1) is 29.6 Å². The van der Waals surface area contributed by atoms with E-state index >= 15 is 0 Å². The molecule has 2 aromatic heterocycles. The van der Waals surface area contributed by atoms with Gasteiger partial charge in [0, 0.05) is 34.2 Å². The molecule has 4 aromatic rings. The molecule has 0 saturated heterocycles. The second-order valence-corrected chi connectivity index (χ2v) is 8.87. The van der Waals surface area contributed by atoms with Crippen molar-refractivity contribution in [3.63, 3.8) is 0 Å². The van der Waals surface area contributed by atoms with Gasteiger partial charge in [0.1, 0.15) is 0 Å². The third-order valence-electron chi connectivity index (χ3n) is 5.58. The topological polar surface area (TPSA) is 105 Å². The van der Waals surface area contributed by atoms with Crippen LogP contribution >= 0.6 is 15.9 Å². The van der Waals surface area contributed by atoms with E-state index in [9.17, 15) is 9.59 Å². The summed E-state index contributed by atoms with van der Waals surface area (Å²) >= 11 is 3.53. The Labute approximate surface area is 204 Å². The van der Waals surface area contributed by atoms with Crippen molar-refractivity contribution in [2.45, 2.75) is 13.5 Å². The Morgan fingerprint density at radius 1 is 1.21 bits per heavy atom. The van der Waals surface area contributed by atoms with Crippen LogP contribution in [0.4, 0.5) is 5.69 Å². The fraction of sp³-hybridized carbons (Fsp3) is 0.120. The first-order chi connectivity index (χ1) is 16.5. The van der Waals surface area contributed by atoms with Crippen LogP contribution in [-0.2, 0) is 11.3 Å². The van der Waals surface area contributed by atoms with Gasteiger partial charge in [0.25, 0.3) is 11.8 Å². The Morgan fingerprint density at radius 3 is 2.85 bits per heavy atom. The van der Waals surface area contributed by atoms with Crippen LogP contribution in [0.25, 0.3) is 22.8 Å². The van der Waals surface area contributed by atoms with Gasteiger partial charge in [-0.1, -0.05) is 45.4 Å². The molecule has 2 aromatic carbocycles. The maximum atomic E-state index is 13.0. The maximum absolute atomic E-state index is 13.0. The lowest BCUT2D eigenvalue weighted by atomic mass is 9.94. The number of hydrogen-bond donors (Lipinski definition) is 3. The average molecular weight is 517 g/mol. The van der Waals surface area contributed by atoms with Crippen molar-refractivity contribution >= 4 is 45.1 Å². The number of nitrogens with zero attached hydrogens (tertiary/aromatic N) is 3. The minimum absolute atomic E-state index is 0.206. The molecule has 5 rings (SSSR count). The Balaban J connectivity index is 1.49. The van der Waals surface area contributed by atoms with Crippen LogP contribution in [0.2, 0.25) is 0 Å². The van der Waals surface area contributed by atoms with E-state index in [1.54, 1.807) is 29.2 Å². The van der Waals surface area contributed by atoms with E-state index in [2.05, 4.69) is 41.9 Å². The van der Waals surface area contributed by atoms with Crippen LogP contribution in [0, 0.1) is 6.92 Å². The fourth-order valence-electron chi connectivity index (χ4n) is 4.07. The molecule has 2 amide bonds. The number of nitrogens with one attached hydrogen (secondary N) is 3. The Kier molecular flexibility index (Phi) is 5.85. The molecule has 8 nitrogen and oxygen atoms in total. The molecule has 170 valence electrons. The molecule has 0 spiro atoms. The summed E-state index contributed by atoms with van der Waals surface area (Å²) in [6, 6.07) is 15.5. The molecular formula is C25H21BrN6O2. The number of amides is 2. The fourth-order valence-corrected chi connectivity index (χ4v) is 4.47. The molecule has 9 heteroatoms. The number of benzene rings is 2. The third-order valence-corrected chi connectivity index (χ3v) is 6.07. The number of H-pyrrole nitrogens is 1. The normalized spacial score (nSPS) is 13.7. The predicted octanol–water partition coefficient (Wildman–Crippen LogP) is 4.27. The average Bonchev–Trinajstić information content (AvgIpc) is 3.53. The molecule has 34 heavy (non-hydrogen) atoms. The van der Waals surface area contributed by atoms with Crippen molar-refractivity contribution in [3.8, 4) is 11.1 Å². The number of carbonyl (C=O) groups excluding carboxylic acids is 2. The monoisotopic (exact) mass is 516 g/mol. The Bertz CT molecular complexity index is 1420. The molecule has 3 heterocycles. The molecule has 0 radical (unpaired) electrons. The lowest BCUT2D eigenvalue weighted by molar-refractivity contribution is -0.110. The highest BCUT2D eigenvalue weighted by Crippen LogP contribution is 2.41. The minimum Gasteiger partial charge on any atom is -0.358 e. The third kappa shape index (κ3) is 4.29. The molecule has 0 atom stereocenters. The van der Waals surface area contributed by atoms with Gasteiger partial charge in [0.15, 0.2) is 0 Å². The van der Waals surface area contributed by atoms with E-state index in [4.69, 9.17) is 0 Å². The van der Waals surface area contributed by atoms with Gasteiger partial charge in [0.2, 0.25) is 0 Å². The number of aromatic nitrogens is 4. The zero-order valence-corrected chi connectivity index (χ0v) is 19.9. The summed E-state index contributed by atoms with van der Waals surface area (Å²) in [6.45, 7) is 2.79. The van der Waals surface area contributed by atoms with Gasteiger partial charge in [-0.15, -0.1) is 5.10 Å². The lowest BCUT2D eigenvalue weighted by Gasteiger charge is -2.09. The first-order valence-electron chi connectivity index (χ1n) is 10.7. The van der Waals surface area contributed by atoms with E-state index in [-0.39, 0.29) is 11.8 Å². The summed E-state index contributed by atoms with van der Waals surface area (Å²) in [7, 11) is 0. The number of hydrogen-bond acceptors (Lipinski definition) is 4. The molecule has 0 aliphatic carbocycles. The molecule has 1 aliphatic rings. The van der Waals surface area contributed by atoms with Gasteiger partial charge >= 0.3 is 0 Å². The van der Waals surface area contributed by atoms with Crippen LogP contribution in [0.3, 0.4) is 0 Å². The number of halogens is 1. The van der Waals surface area contributed by atoms with Crippen LogP contribution < -0.4 is 10.6 Å². The quantitative estimate of drug-likeness (QED) is 0.333. The van der Waals surface area contributed by atoms with Crippen LogP contribution in [0.15, 0.2) is 65.4 Å². The molecule has 3 N–H and O–H groups in total. The molecule has 0 saturated carbocycles. The number of aryl methyl sites for hydroxylation is 1. The maximum Gasteiger partial charge on any atom is 0.256 e.